The van der Waals surface area contributed by atoms with Crippen molar-refractivity contribution in [1.29, 1.82) is 0 Å². The molecule has 0 aliphatic rings. The average molecular weight is 276 g/mol. The summed E-state index contributed by atoms with van der Waals surface area (Å²) in [6.45, 7) is 8.65. The Labute approximate surface area is 123 Å². The monoisotopic (exact) mass is 276 g/mol. The molecule has 1 aromatic carbocycles. The van der Waals surface area contributed by atoms with Gasteiger partial charge in [0.05, 0.1) is 0 Å². The molecule has 0 spiro atoms. The highest BCUT2D eigenvalue weighted by molar-refractivity contribution is 5.90. The highest BCUT2D eigenvalue weighted by Crippen LogP contribution is 2.19. The molecule has 1 amide bonds. The molecule has 0 fully saturated rings. The molecule has 0 saturated carbocycles. The minimum absolute atomic E-state index is 0.110. The second kappa shape index (κ2) is 9.40. The van der Waals surface area contributed by atoms with Gasteiger partial charge in [0.25, 0.3) is 0 Å². The summed E-state index contributed by atoms with van der Waals surface area (Å²) in [6.07, 6.45) is 4.90. The number of carbonyl (C=O) groups is 1. The first kappa shape index (κ1) is 16.5. The first-order chi connectivity index (χ1) is 9.71. The van der Waals surface area contributed by atoms with E-state index in [1.807, 2.05) is 12.1 Å². The topological polar surface area (TPSA) is 32.3 Å². The van der Waals surface area contributed by atoms with Crippen molar-refractivity contribution in [3.05, 3.63) is 24.3 Å². The standard InChI is InChI=1S/C17H28N2O/c1-4-7-8-17(20)18-15-9-11-16(12-10-15)19(13-5-2)14-6-3/h9-12H,4-8,13-14H2,1-3H3,(H,18,20). The quantitative estimate of drug-likeness (QED) is 0.723. The van der Waals surface area contributed by atoms with Crippen molar-refractivity contribution < 1.29 is 4.79 Å². The molecular formula is C17H28N2O. The van der Waals surface area contributed by atoms with Crippen LogP contribution in [0.3, 0.4) is 0 Å². The van der Waals surface area contributed by atoms with Crippen molar-refractivity contribution in [2.45, 2.75) is 52.9 Å². The van der Waals surface area contributed by atoms with E-state index < -0.39 is 0 Å². The maximum Gasteiger partial charge on any atom is 0.224 e. The fourth-order valence-corrected chi connectivity index (χ4v) is 2.23. The minimum Gasteiger partial charge on any atom is -0.372 e. The van der Waals surface area contributed by atoms with Crippen molar-refractivity contribution in [2.75, 3.05) is 23.3 Å². The van der Waals surface area contributed by atoms with Gasteiger partial charge in [0.15, 0.2) is 0 Å². The SMILES string of the molecule is CCCCC(=O)Nc1ccc(N(CCC)CCC)cc1. The largest absolute Gasteiger partial charge is 0.372 e. The lowest BCUT2D eigenvalue weighted by molar-refractivity contribution is -0.116. The van der Waals surface area contributed by atoms with Crippen LogP contribution in [-0.2, 0) is 4.79 Å². The summed E-state index contributed by atoms with van der Waals surface area (Å²) in [7, 11) is 0. The number of nitrogens with one attached hydrogen (secondary N) is 1. The van der Waals surface area contributed by atoms with Crippen LogP contribution in [0.4, 0.5) is 11.4 Å². The third-order valence-corrected chi connectivity index (χ3v) is 3.26. The van der Waals surface area contributed by atoms with E-state index in [0.29, 0.717) is 6.42 Å². The van der Waals surface area contributed by atoms with E-state index in [1.165, 1.54) is 5.69 Å². The van der Waals surface area contributed by atoms with Crippen molar-refractivity contribution in [1.82, 2.24) is 0 Å². The number of hydrogen-bond donors (Lipinski definition) is 1. The van der Waals surface area contributed by atoms with Crippen LogP contribution < -0.4 is 10.2 Å². The fourth-order valence-electron chi connectivity index (χ4n) is 2.23. The van der Waals surface area contributed by atoms with Crippen molar-refractivity contribution in [2.24, 2.45) is 0 Å². The lowest BCUT2D eigenvalue weighted by Crippen LogP contribution is -2.24. The predicted octanol–water partition coefficient (Wildman–Crippen LogP) is 4.44. The summed E-state index contributed by atoms with van der Waals surface area (Å²) >= 11 is 0. The van der Waals surface area contributed by atoms with Gasteiger partial charge in [-0.15, -0.1) is 0 Å². The number of anilines is 2. The van der Waals surface area contributed by atoms with E-state index in [1.54, 1.807) is 0 Å². The van der Waals surface area contributed by atoms with Crippen LogP contribution in [0.2, 0.25) is 0 Å². The highest BCUT2D eigenvalue weighted by atomic mass is 16.1. The van der Waals surface area contributed by atoms with Crippen LogP contribution in [0.1, 0.15) is 52.9 Å². The van der Waals surface area contributed by atoms with Gasteiger partial charge in [0.2, 0.25) is 5.91 Å². The second-order valence-electron chi connectivity index (χ2n) is 5.19. The molecule has 0 radical (unpaired) electrons. The van der Waals surface area contributed by atoms with Crippen molar-refractivity contribution in [3.8, 4) is 0 Å². The molecule has 0 aromatic heterocycles. The lowest BCUT2D eigenvalue weighted by atomic mass is 10.2. The van der Waals surface area contributed by atoms with E-state index in [0.717, 1.165) is 44.5 Å². The third kappa shape index (κ3) is 5.64. The summed E-state index contributed by atoms with van der Waals surface area (Å²) in [4.78, 5) is 14.1. The minimum atomic E-state index is 0.110. The molecule has 0 heterocycles. The van der Waals surface area contributed by atoms with Gasteiger partial charge < -0.3 is 10.2 Å². The maximum atomic E-state index is 11.7. The number of benzene rings is 1. The molecule has 3 nitrogen and oxygen atoms in total. The summed E-state index contributed by atoms with van der Waals surface area (Å²) in [5.41, 5.74) is 2.13. The number of nitrogens with zero attached hydrogens (tertiary/aromatic N) is 1. The van der Waals surface area contributed by atoms with Crippen LogP contribution in [0.5, 0.6) is 0 Å². The molecule has 0 unspecified atom stereocenters. The zero-order chi connectivity index (χ0) is 14.8. The van der Waals surface area contributed by atoms with Gasteiger partial charge >= 0.3 is 0 Å². The summed E-state index contributed by atoms with van der Waals surface area (Å²) in [6, 6.07) is 8.19. The van der Waals surface area contributed by atoms with Crippen molar-refractivity contribution >= 4 is 17.3 Å². The van der Waals surface area contributed by atoms with Gasteiger partial charge in [-0.05, 0) is 43.5 Å². The van der Waals surface area contributed by atoms with Gasteiger partial charge in [0, 0.05) is 30.9 Å². The summed E-state index contributed by atoms with van der Waals surface area (Å²) in [5.74, 6) is 0.110. The number of carbonyl (C=O) groups excluding carboxylic acids is 1. The first-order valence-corrected chi connectivity index (χ1v) is 7.86. The molecule has 0 aliphatic carbocycles. The Morgan fingerprint density at radius 1 is 1.00 bits per heavy atom. The Bertz CT molecular complexity index is 380. The zero-order valence-corrected chi connectivity index (χ0v) is 13.1. The van der Waals surface area contributed by atoms with E-state index >= 15 is 0 Å². The molecule has 1 aromatic rings. The molecule has 0 bridgehead atoms. The van der Waals surface area contributed by atoms with Crippen molar-refractivity contribution in [3.63, 3.8) is 0 Å². The first-order valence-electron chi connectivity index (χ1n) is 7.86. The lowest BCUT2D eigenvalue weighted by Gasteiger charge is -2.24. The molecule has 0 aliphatic heterocycles. The molecule has 3 heteroatoms. The Kier molecular flexibility index (Phi) is 7.78. The molecule has 20 heavy (non-hydrogen) atoms. The third-order valence-electron chi connectivity index (χ3n) is 3.26. The summed E-state index contributed by atoms with van der Waals surface area (Å²) in [5, 5.41) is 2.95. The molecular weight excluding hydrogens is 248 g/mol. The van der Waals surface area contributed by atoms with Gasteiger partial charge in [-0.2, -0.15) is 0 Å². The number of amides is 1. The maximum absolute atomic E-state index is 11.7. The van der Waals surface area contributed by atoms with Crippen LogP contribution in [0.25, 0.3) is 0 Å². The van der Waals surface area contributed by atoms with Crippen LogP contribution in [0.15, 0.2) is 24.3 Å². The van der Waals surface area contributed by atoms with E-state index in [-0.39, 0.29) is 5.91 Å². The smallest absolute Gasteiger partial charge is 0.224 e. The number of rotatable bonds is 9. The summed E-state index contributed by atoms with van der Waals surface area (Å²) < 4.78 is 0. The number of unbranched alkanes of at least 4 members (excludes halogenated alkanes) is 1. The van der Waals surface area contributed by atoms with E-state index in [9.17, 15) is 4.79 Å². The van der Waals surface area contributed by atoms with Crippen LogP contribution >= 0.6 is 0 Å². The Morgan fingerprint density at radius 3 is 2.10 bits per heavy atom. The Morgan fingerprint density at radius 2 is 1.60 bits per heavy atom. The molecule has 0 saturated heterocycles. The van der Waals surface area contributed by atoms with Gasteiger partial charge in [0.1, 0.15) is 0 Å². The van der Waals surface area contributed by atoms with Crippen LogP contribution in [-0.4, -0.2) is 19.0 Å². The predicted molar refractivity (Wildman–Crippen MR) is 87.4 cm³/mol. The highest BCUT2D eigenvalue weighted by Gasteiger charge is 2.05. The molecule has 0 atom stereocenters. The average Bonchev–Trinajstić information content (AvgIpc) is 2.46. The van der Waals surface area contributed by atoms with E-state index in [2.05, 4.69) is 43.1 Å². The van der Waals surface area contributed by atoms with Gasteiger partial charge in [-0.1, -0.05) is 27.2 Å². The molecule has 1 N–H and O–H groups in total. The molecule has 1 rings (SSSR count). The fraction of sp³-hybridized carbons (Fsp3) is 0.588. The normalized spacial score (nSPS) is 10.3. The number of hydrogen-bond acceptors (Lipinski definition) is 2. The Hall–Kier alpha value is -1.51. The zero-order valence-electron chi connectivity index (χ0n) is 13.1. The second-order valence-corrected chi connectivity index (χ2v) is 5.19. The van der Waals surface area contributed by atoms with Gasteiger partial charge in [-0.3, -0.25) is 4.79 Å². The Balaban J connectivity index is 2.60. The molecule has 112 valence electrons. The van der Waals surface area contributed by atoms with Gasteiger partial charge in [-0.25, -0.2) is 0 Å². The van der Waals surface area contributed by atoms with E-state index in [4.69, 9.17) is 0 Å². The van der Waals surface area contributed by atoms with Crippen LogP contribution in [0, 0.1) is 0 Å².